The molecule has 2 fully saturated rings. The Morgan fingerprint density at radius 3 is 2.59 bits per heavy atom. The van der Waals surface area contributed by atoms with Crippen molar-refractivity contribution in [1.82, 2.24) is 9.80 Å². The third kappa shape index (κ3) is 4.20. The van der Waals surface area contributed by atoms with Crippen molar-refractivity contribution in [1.29, 1.82) is 0 Å². The van der Waals surface area contributed by atoms with E-state index < -0.39 is 0 Å². The number of aliphatic hydroxyl groups excluding tert-OH is 1. The molecule has 0 bridgehead atoms. The minimum absolute atomic E-state index is 0.0171. The highest BCUT2D eigenvalue weighted by atomic mass is 16.3. The Balaban J connectivity index is 1.52. The molecule has 2 saturated heterocycles. The number of hydrogen-bond donors (Lipinski definition) is 1. The maximum absolute atomic E-state index is 13.3. The van der Waals surface area contributed by atoms with Crippen LogP contribution >= 0.6 is 0 Å². The second-order valence-corrected chi connectivity index (χ2v) is 8.32. The number of nitrogens with zero attached hydrogens (tertiary/aromatic N) is 2. The lowest BCUT2D eigenvalue weighted by molar-refractivity contribution is -0.139. The maximum Gasteiger partial charge on any atom is 0.253 e. The van der Waals surface area contributed by atoms with E-state index in [0.29, 0.717) is 31.6 Å². The third-order valence-corrected chi connectivity index (χ3v) is 6.28. The van der Waals surface area contributed by atoms with Gasteiger partial charge in [-0.25, -0.2) is 0 Å². The molecule has 0 aromatic heterocycles. The molecule has 5 nitrogen and oxygen atoms in total. The van der Waals surface area contributed by atoms with Crippen LogP contribution in [-0.4, -0.2) is 59.5 Å². The topological polar surface area (TPSA) is 60.9 Å². The van der Waals surface area contributed by atoms with Crippen LogP contribution in [0.15, 0.2) is 54.6 Å². The van der Waals surface area contributed by atoms with E-state index in [-0.39, 0.29) is 23.8 Å². The Bertz CT molecular complexity index is 883. The highest BCUT2D eigenvalue weighted by molar-refractivity contribution is 5.95. The molecule has 4 rings (SSSR count). The smallest absolute Gasteiger partial charge is 0.253 e. The molecule has 5 heteroatoms. The predicted molar refractivity (Wildman–Crippen MR) is 112 cm³/mol. The van der Waals surface area contributed by atoms with Crippen LogP contribution in [0, 0.1) is 5.41 Å². The fourth-order valence-electron chi connectivity index (χ4n) is 4.79. The van der Waals surface area contributed by atoms with Crippen molar-refractivity contribution in [2.45, 2.75) is 25.7 Å². The summed E-state index contributed by atoms with van der Waals surface area (Å²) in [4.78, 5) is 29.2. The molecule has 2 amide bonds. The molecule has 1 atom stereocenters. The summed E-state index contributed by atoms with van der Waals surface area (Å²) >= 11 is 0. The van der Waals surface area contributed by atoms with Crippen LogP contribution in [0.4, 0.5) is 0 Å². The lowest BCUT2D eigenvalue weighted by atomic mass is 9.73. The van der Waals surface area contributed by atoms with E-state index in [9.17, 15) is 14.7 Å². The molecule has 2 aliphatic heterocycles. The number of hydrogen-bond acceptors (Lipinski definition) is 3. The van der Waals surface area contributed by atoms with Gasteiger partial charge in [-0.2, -0.15) is 0 Å². The van der Waals surface area contributed by atoms with Crippen LogP contribution < -0.4 is 0 Å². The minimum Gasteiger partial charge on any atom is -0.395 e. The molecular weight excluding hydrogens is 364 g/mol. The van der Waals surface area contributed by atoms with E-state index in [4.69, 9.17) is 0 Å². The summed E-state index contributed by atoms with van der Waals surface area (Å²) in [7, 11) is 0. The molecule has 0 unspecified atom stereocenters. The first kappa shape index (κ1) is 19.6. The van der Waals surface area contributed by atoms with Crippen molar-refractivity contribution in [3.63, 3.8) is 0 Å². The van der Waals surface area contributed by atoms with Gasteiger partial charge in [0.05, 0.1) is 6.61 Å². The summed E-state index contributed by atoms with van der Waals surface area (Å²) in [6, 6.07) is 17.9. The monoisotopic (exact) mass is 392 g/mol. The number of amides is 2. The van der Waals surface area contributed by atoms with E-state index in [2.05, 4.69) is 0 Å². The van der Waals surface area contributed by atoms with E-state index in [1.54, 1.807) is 4.90 Å². The average Bonchev–Trinajstić information content (AvgIpc) is 2.77. The molecule has 0 aliphatic carbocycles. The molecule has 2 aromatic carbocycles. The standard InChI is InChI=1S/C24H28N2O3/c27-15-14-25-17-24(12-10-22(25)28)11-5-13-26(18-24)23(29)21-9-4-8-20(16-21)19-6-2-1-3-7-19/h1-4,6-9,16,27H,5,10-15,17-18H2/t24-/m0/s1. The predicted octanol–water partition coefficient (Wildman–Crippen LogP) is 3.19. The van der Waals surface area contributed by atoms with Crippen LogP contribution in [0.25, 0.3) is 11.1 Å². The minimum atomic E-state index is -0.0476. The summed E-state index contributed by atoms with van der Waals surface area (Å²) in [5, 5.41) is 9.27. The molecule has 2 aliphatic rings. The second kappa shape index (κ2) is 8.37. The summed E-state index contributed by atoms with van der Waals surface area (Å²) in [6.07, 6.45) is 3.30. The molecule has 2 aromatic rings. The summed E-state index contributed by atoms with van der Waals surface area (Å²) in [5.74, 6) is 0.177. The number of carbonyl (C=O) groups excluding carboxylic acids is 2. The van der Waals surface area contributed by atoms with Crippen molar-refractivity contribution >= 4 is 11.8 Å². The Labute approximate surface area is 171 Å². The molecule has 0 radical (unpaired) electrons. The van der Waals surface area contributed by atoms with Gasteiger partial charge >= 0.3 is 0 Å². The molecule has 0 saturated carbocycles. The van der Waals surface area contributed by atoms with Crippen LogP contribution in [0.5, 0.6) is 0 Å². The lowest BCUT2D eigenvalue weighted by Crippen LogP contribution is -2.55. The first-order valence-corrected chi connectivity index (χ1v) is 10.4. The first-order chi connectivity index (χ1) is 14.1. The van der Waals surface area contributed by atoms with E-state index >= 15 is 0 Å². The number of benzene rings is 2. The van der Waals surface area contributed by atoms with Gasteiger partial charge in [0.1, 0.15) is 0 Å². The second-order valence-electron chi connectivity index (χ2n) is 8.32. The number of likely N-dealkylation sites (tertiary alicyclic amines) is 2. The molecule has 152 valence electrons. The highest BCUT2D eigenvalue weighted by Crippen LogP contribution is 2.39. The van der Waals surface area contributed by atoms with Gasteiger partial charge in [-0.1, -0.05) is 42.5 Å². The molecule has 1 spiro atoms. The van der Waals surface area contributed by atoms with E-state index in [0.717, 1.165) is 36.9 Å². The van der Waals surface area contributed by atoms with Gasteiger partial charge in [-0.15, -0.1) is 0 Å². The van der Waals surface area contributed by atoms with Crippen molar-refractivity contribution in [2.75, 3.05) is 32.8 Å². The molecule has 1 N–H and O–H groups in total. The maximum atomic E-state index is 13.3. The zero-order chi connectivity index (χ0) is 20.3. The molecular formula is C24H28N2O3. The van der Waals surface area contributed by atoms with Crippen molar-refractivity contribution in [3.8, 4) is 11.1 Å². The fraction of sp³-hybridized carbons (Fsp3) is 0.417. The van der Waals surface area contributed by atoms with Crippen LogP contribution in [0.1, 0.15) is 36.0 Å². The number of piperidine rings is 2. The number of aliphatic hydroxyl groups is 1. The van der Waals surface area contributed by atoms with Gasteiger partial charge < -0.3 is 14.9 Å². The summed E-state index contributed by atoms with van der Waals surface area (Å²) in [5.41, 5.74) is 2.80. The van der Waals surface area contributed by atoms with Gasteiger partial charge in [0, 0.05) is 43.6 Å². The van der Waals surface area contributed by atoms with Crippen molar-refractivity contribution < 1.29 is 14.7 Å². The van der Waals surface area contributed by atoms with Crippen LogP contribution in [0.3, 0.4) is 0 Å². The Morgan fingerprint density at radius 1 is 1.00 bits per heavy atom. The van der Waals surface area contributed by atoms with Crippen molar-refractivity contribution in [2.24, 2.45) is 5.41 Å². The molecule has 29 heavy (non-hydrogen) atoms. The normalized spacial score (nSPS) is 22.2. The fourth-order valence-corrected chi connectivity index (χ4v) is 4.79. The Hall–Kier alpha value is -2.66. The summed E-state index contributed by atoms with van der Waals surface area (Å²) < 4.78 is 0. The third-order valence-electron chi connectivity index (χ3n) is 6.28. The zero-order valence-corrected chi connectivity index (χ0v) is 16.7. The quantitative estimate of drug-likeness (QED) is 0.869. The summed E-state index contributed by atoms with van der Waals surface area (Å²) in [6.45, 7) is 2.44. The number of β-amino-alcohol motifs (C(OH)–C–C–N with tert-alkyl or cyclic N) is 1. The van der Waals surface area contributed by atoms with Gasteiger partial charge in [0.25, 0.3) is 5.91 Å². The Morgan fingerprint density at radius 2 is 1.79 bits per heavy atom. The number of carbonyl (C=O) groups is 2. The van der Waals surface area contributed by atoms with Gasteiger partial charge in [-0.05, 0) is 42.5 Å². The van der Waals surface area contributed by atoms with E-state index in [1.165, 1.54) is 0 Å². The van der Waals surface area contributed by atoms with Gasteiger partial charge in [0.2, 0.25) is 5.91 Å². The SMILES string of the molecule is O=C1CC[C@@]2(CCCN(C(=O)c3cccc(-c4ccccc4)c3)C2)CN1CCO. The van der Waals surface area contributed by atoms with Crippen LogP contribution in [0.2, 0.25) is 0 Å². The largest absolute Gasteiger partial charge is 0.395 e. The van der Waals surface area contributed by atoms with Gasteiger partial charge in [-0.3, -0.25) is 9.59 Å². The highest BCUT2D eigenvalue weighted by Gasteiger charge is 2.42. The number of rotatable bonds is 4. The first-order valence-electron chi connectivity index (χ1n) is 10.4. The average molecular weight is 392 g/mol. The van der Waals surface area contributed by atoms with Gasteiger partial charge in [0.15, 0.2) is 0 Å². The Kier molecular flexibility index (Phi) is 5.67. The van der Waals surface area contributed by atoms with E-state index in [1.807, 2.05) is 59.5 Å². The zero-order valence-electron chi connectivity index (χ0n) is 16.7. The molecule has 2 heterocycles. The van der Waals surface area contributed by atoms with Crippen LogP contribution in [-0.2, 0) is 4.79 Å². The lowest BCUT2D eigenvalue weighted by Gasteiger charge is -2.48. The van der Waals surface area contributed by atoms with Crippen molar-refractivity contribution in [3.05, 3.63) is 60.2 Å².